The molecule has 3 atom stereocenters. The van der Waals surface area contributed by atoms with Crippen molar-refractivity contribution in [2.24, 2.45) is 11.7 Å². The molecule has 88 valence electrons. The third-order valence-electron chi connectivity index (χ3n) is 3.43. The van der Waals surface area contributed by atoms with Gasteiger partial charge in [0, 0.05) is 10.5 Å². The predicted molar refractivity (Wildman–Crippen MR) is 66.9 cm³/mol. The first-order valence-electron chi connectivity index (χ1n) is 5.14. The largest absolute Gasteiger partial charge is 0.324 e. The molecule has 16 heavy (non-hydrogen) atoms. The van der Waals surface area contributed by atoms with Crippen LogP contribution in [0.4, 0.5) is 0 Å². The van der Waals surface area contributed by atoms with E-state index in [0.717, 1.165) is 10.0 Å². The van der Waals surface area contributed by atoms with E-state index >= 15 is 0 Å². The minimum atomic E-state index is -3.22. The van der Waals surface area contributed by atoms with Crippen molar-refractivity contribution in [3.63, 3.8) is 0 Å². The van der Waals surface area contributed by atoms with Crippen molar-refractivity contribution in [1.82, 2.24) is 0 Å². The van der Waals surface area contributed by atoms with E-state index in [1.807, 2.05) is 6.92 Å². The highest BCUT2D eigenvalue weighted by atomic mass is 79.9. The summed E-state index contributed by atoms with van der Waals surface area (Å²) in [4.78, 5) is 0.383. The summed E-state index contributed by atoms with van der Waals surface area (Å²) in [5.41, 5.74) is 6.81. The van der Waals surface area contributed by atoms with Gasteiger partial charge in [-0.05, 0) is 36.6 Å². The monoisotopic (exact) mass is 303 g/mol. The fraction of sp³-hybridized carbons (Fsp3) is 0.455. The molecule has 3 unspecified atom stereocenters. The number of sulfone groups is 1. The molecule has 1 aromatic carbocycles. The lowest BCUT2D eigenvalue weighted by Crippen LogP contribution is -2.38. The highest BCUT2D eigenvalue weighted by Crippen LogP contribution is 2.39. The van der Waals surface area contributed by atoms with Crippen LogP contribution in [0, 0.1) is 5.92 Å². The molecule has 0 aliphatic carbocycles. The van der Waals surface area contributed by atoms with E-state index in [4.69, 9.17) is 5.73 Å². The van der Waals surface area contributed by atoms with Crippen LogP contribution in [0.15, 0.2) is 27.6 Å². The summed E-state index contributed by atoms with van der Waals surface area (Å²) in [6.07, 6.45) is 0. The van der Waals surface area contributed by atoms with Crippen molar-refractivity contribution < 1.29 is 8.42 Å². The van der Waals surface area contributed by atoms with Crippen LogP contribution < -0.4 is 5.73 Å². The summed E-state index contributed by atoms with van der Waals surface area (Å²) in [5.74, 6) is -0.0631. The average Bonchev–Trinajstić information content (AvgIpc) is 2.24. The second-order valence-corrected chi connectivity index (χ2v) is 7.51. The molecule has 1 aliphatic heterocycles. The molecule has 0 spiro atoms. The van der Waals surface area contributed by atoms with Gasteiger partial charge >= 0.3 is 0 Å². The van der Waals surface area contributed by atoms with Crippen LogP contribution in [0.25, 0.3) is 0 Å². The zero-order valence-corrected chi connectivity index (χ0v) is 11.5. The minimum Gasteiger partial charge on any atom is -0.324 e. The lowest BCUT2D eigenvalue weighted by Gasteiger charge is -2.33. The first-order chi connectivity index (χ1) is 7.35. The molecule has 1 aromatic rings. The molecular weight excluding hydrogens is 290 g/mol. The number of benzene rings is 1. The third kappa shape index (κ3) is 1.61. The summed E-state index contributed by atoms with van der Waals surface area (Å²) in [7, 11) is -3.22. The van der Waals surface area contributed by atoms with E-state index in [1.54, 1.807) is 25.1 Å². The summed E-state index contributed by atoms with van der Waals surface area (Å²) in [5, 5.41) is -0.420. The van der Waals surface area contributed by atoms with Gasteiger partial charge < -0.3 is 5.73 Å². The van der Waals surface area contributed by atoms with E-state index in [2.05, 4.69) is 15.9 Å². The van der Waals surface area contributed by atoms with Gasteiger partial charge in [-0.2, -0.15) is 0 Å². The van der Waals surface area contributed by atoms with E-state index in [9.17, 15) is 8.42 Å². The normalized spacial score (nSPS) is 32.1. The molecule has 1 aliphatic rings. The number of hydrogen-bond acceptors (Lipinski definition) is 3. The summed E-state index contributed by atoms with van der Waals surface area (Å²) in [6, 6.07) is 4.97. The maximum Gasteiger partial charge on any atom is 0.181 e. The predicted octanol–water partition coefficient (Wildman–Crippen LogP) is 2.26. The number of hydrogen-bond donors (Lipinski definition) is 1. The van der Waals surface area contributed by atoms with Crippen LogP contribution in [0.5, 0.6) is 0 Å². The van der Waals surface area contributed by atoms with Gasteiger partial charge in [-0.25, -0.2) is 8.42 Å². The maximum atomic E-state index is 12.2. The van der Waals surface area contributed by atoms with Crippen LogP contribution in [-0.4, -0.2) is 13.7 Å². The van der Waals surface area contributed by atoms with Crippen molar-refractivity contribution in [2.75, 3.05) is 0 Å². The Morgan fingerprint density at radius 1 is 1.31 bits per heavy atom. The molecule has 0 radical (unpaired) electrons. The SMILES string of the molecule is CC1C(N)c2cc(Br)ccc2S(=O)(=O)C1C. The van der Waals surface area contributed by atoms with Crippen LogP contribution >= 0.6 is 15.9 Å². The molecule has 0 bridgehead atoms. The highest BCUT2D eigenvalue weighted by Gasteiger charge is 2.39. The number of rotatable bonds is 0. The van der Waals surface area contributed by atoms with E-state index in [1.165, 1.54) is 0 Å². The van der Waals surface area contributed by atoms with E-state index in [-0.39, 0.29) is 12.0 Å². The molecular formula is C11H14BrNO2S. The Kier molecular flexibility index (Phi) is 2.88. The van der Waals surface area contributed by atoms with E-state index < -0.39 is 15.1 Å². The lowest BCUT2D eigenvalue weighted by molar-refractivity contribution is 0.425. The van der Waals surface area contributed by atoms with Crippen LogP contribution in [0.2, 0.25) is 0 Å². The zero-order valence-electron chi connectivity index (χ0n) is 9.14. The van der Waals surface area contributed by atoms with Crippen LogP contribution in [0.1, 0.15) is 25.5 Å². The Bertz CT molecular complexity index is 527. The van der Waals surface area contributed by atoms with Crippen molar-refractivity contribution in [1.29, 1.82) is 0 Å². The molecule has 0 amide bonds. The van der Waals surface area contributed by atoms with Crippen molar-refractivity contribution in [3.8, 4) is 0 Å². The quantitative estimate of drug-likeness (QED) is 0.800. The second-order valence-electron chi connectivity index (χ2n) is 4.32. The molecule has 1 heterocycles. The van der Waals surface area contributed by atoms with Crippen molar-refractivity contribution in [2.45, 2.75) is 30.0 Å². The molecule has 2 rings (SSSR count). The fourth-order valence-electron chi connectivity index (χ4n) is 2.10. The number of fused-ring (bicyclic) bond motifs is 1. The number of halogens is 1. The molecule has 2 N–H and O–H groups in total. The lowest BCUT2D eigenvalue weighted by atomic mass is 9.92. The van der Waals surface area contributed by atoms with Gasteiger partial charge in [0.25, 0.3) is 0 Å². The second kappa shape index (κ2) is 3.82. The first-order valence-corrected chi connectivity index (χ1v) is 7.48. The smallest absolute Gasteiger partial charge is 0.181 e. The van der Waals surface area contributed by atoms with Crippen molar-refractivity contribution in [3.05, 3.63) is 28.2 Å². The molecule has 0 aromatic heterocycles. The fourth-order valence-corrected chi connectivity index (χ4v) is 4.39. The molecule has 0 saturated heterocycles. The standard InChI is InChI=1S/C11H14BrNO2S/c1-6-7(2)16(14,15)10-4-3-8(12)5-9(10)11(6)13/h3-7,11H,13H2,1-2H3. The molecule has 0 saturated carbocycles. The Morgan fingerprint density at radius 3 is 2.56 bits per heavy atom. The Labute approximate surface area is 104 Å². The highest BCUT2D eigenvalue weighted by molar-refractivity contribution is 9.10. The van der Waals surface area contributed by atoms with Crippen molar-refractivity contribution >= 4 is 25.8 Å². The Hall–Kier alpha value is -0.390. The van der Waals surface area contributed by atoms with Gasteiger partial charge in [0.1, 0.15) is 0 Å². The Morgan fingerprint density at radius 2 is 1.94 bits per heavy atom. The Balaban J connectivity index is 2.73. The van der Waals surface area contributed by atoms with Gasteiger partial charge in [0.2, 0.25) is 0 Å². The molecule has 5 heteroatoms. The maximum absolute atomic E-state index is 12.2. The third-order valence-corrected chi connectivity index (χ3v) is 6.32. The van der Waals surface area contributed by atoms with Crippen LogP contribution in [-0.2, 0) is 9.84 Å². The van der Waals surface area contributed by atoms with Gasteiger partial charge in [-0.15, -0.1) is 0 Å². The summed E-state index contributed by atoms with van der Waals surface area (Å²) < 4.78 is 25.3. The van der Waals surface area contributed by atoms with Gasteiger partial charge in [-0.1, -0.05) is 22.9 Å². The number of nitrogens with two attached hydrogens (primary N) is 1. The minimum absolute atomic E-state index is 0.0631. The molecule has 0 fully saturated rings. The zero-order chi connectivity index (χ0) is 12.1. The van der Waals surface area contributed by atoms with Gasteiger partial charge in [0.05, 0.1) is 10.1 Å². The first kappa shape index (κ1) is 12.1. The molecule has 3 nitrogen and oxygen atoms in total. The topological polar surface area (TPSA) is 60.2 Å². The van der Waals surface area contributed by atoms with Gasteiger partial charge in [0.15, 0.2) is 9.84 Å². The summed E-state index contributed by atoms with van der Waals surface area (Å²) >= 11 is 3.34. The summed E-state index contributed by atoms with van der Waals surface area (Å²) in [6.45, 7) is 3.61. The van der Waals surface area contributed by atoms with Crippen LogP contribution in [0.3, 0.4) is 0 Å². The van der Waals surface area contributed by atoms with Gasteiger partial charge in [-0.3, -0.25) is 0 Å². The van der Waals surface area contributed by atoms with E-state index in [0.29, 0.717) is 4.90 Å². The average molecular weight is 304 g/mol.